The second-order valence-corrected chi connectivity index (χ2v) is 31.8. The first-order valence-corrected chi connectivity index (χ1v) is 42.5. The Morgan fingerprint density at radius 3 is 1.18 bits per heavy atom. The minimum Gasteiger partial charge on any atom is -0.480 e. The van der Waals surface area contributed by atoms with Gasteiger partial charge in [-0.15, -0.1) is 0 Å². The molecule has 1 aliphatic heterocycles. The smallest absolute Gasteiger partial charge is 0.322 e. The van der Waals surface area contributed by atoms with E-state index < -0.39 is 273 Å². The third-order valence-corrected chi connectivity index (χ3v) is 19.7. The standard InChI is InChI=1S/C76H142N28O24/c1-39(78)61(115)93-49(24-18-30-85-76(82)83)67(121)101-60(44(6)108)73(127)97-47(22-13-16-32-103(9)10)64(118)96-50(26-27-53(79)109)68(122)100-59(43(5)107)72(126)90-40(2)62(116)94-48(23-17-29-84-75(80)81)65(119)95-46(21-12-15-31-102(7)8)66(120)98-51(38-105)69(123)99-58(42(4)106)71(125)89-35-54(110)86-36-56(112)92-45(20-11-14-28-77)63(117)91-41(3)74(128)104-33-19-25-52(104)70(124)88-34-55(111)87-37-57(113)114/h39-52,58-60,75-76,84-85,105-108H,11-38,77-78,80-83H2,1-10H3,(H2,79,109)(H,86,110)(H,87,111)(H,88,124)(H,89,125)(H,90,126)(H,91,117)(H,92,112)(H,93,115)(H,94,116)(H,95,119)(H,96,118)(H,97,127)(H,98,120)(H,99,123)(H,100,122)(H,101,121)(H,113,114)/t39-,40-,41-,42+,43+,44+,45-,46-,47-,48-,49-,50-,51-,52-,58-,59-,60-/m0/s1. The van der Waals surface area contributed by atoms with Gasteiger partial charge in [-0.2, -0.15) is 0 Å². The van der Waals surface area contributed by atoms with Crippen LogP contribution in [0.3, 0.4) is 0 Å². The van der Waals surface area contributed by atoms with Crippen LogP contribution in [0.5, 0.6) is 0 Å². The molecule has 0 spiro atoms. The van der Waals surface area contributed by atoms with Gasteiger partial charge in [0.05, 0.1) is 50.6 Å². The summed E-state index contributed by atoms with van der Waals surface area (Å²) in [6.07, 6.45) is -5.60. The molecule has 1 fully saturated rings. The number of rotatable bonds is 65. The van der Waals surface area contributed by atoms with Gasteiger partial charge in [-0.25, -0.2) is 0 Å². The molecule has 730 valence electrons. The number of carboxylic acids is 1. The monoisotopic (exact) mass is 1830 g/mol. The molecule has 1 rings (SSSR count). The molecule has 0 bridgehead atoms. The average molecular weight is 1830 g/mol. The Balaban J connectivity index is 3.44. The molecule has 0 radical (unpaired) electrons. The third kappa shape index (κ3) is 46.9. The molecule has 17 atom stereocenters. The lowest BCUT2D eigenvalue weighted by Crippen LogP contribution is -2.62. The summed E-state index contributed by atoms with van der Waals surface area (Å²) in [7, 11) is 7.13. The molecule has 1 aliphatic rings. The lowest BCUT2D eigenvalue weighted by molar-refractivity contribution is -0.141. The van der Waals surface area contributed by atoms with Gasteiger partial charge in [0, 0.05) is 13.0 Å². The molecule has 1 saturated heterocycles. The molecule has 0 aromatic rings. The van der Waals surface area contributed by atoms with E-state index in [0.717, 1.165) is 20.8 Å². The Morgan fingerprint density at radius 1 is 0.391 bits per heavy atom. The van der Waals surface area contributed by atoms with Gasteiger partial charge in [0.25, 0.3) is 0 Å². The van der Waals surface area contributed by atoms with Gasteiger partial charge in [0.1, 0.15) is 97.7 Å². The van der Waals surface area contributed by atoms with E-state index in [9.17, 15) is 112 Å². The van der Waals surface area contributed by atoms with E-state index in [2.05, 4.69) is 95.7 Å². The number of nitrogens with two attached hydrogens (primary N) is 7. The summed E-state index contributed by atoms with van der Waals surface area (Å²) in [4.78, 5) is 260. The van der Waals surface area contributed by atoms with Crippen LogP contribution in [0.15, 0.2) is 0 Å². The summed E-state index contributed by atoms with van der Waals surface area (Å²) < 4.78 is 0. The highest BCUT2D eigenvalue weighted by atomic mass is 16.4. The van der Waals surface area contributed by atoms with Crippen molar-refractivity contribution in [2.24, 2.45) is 40.1 Å². The number of aliphatic hydroxyl groups excluding tert-OH is 4. The van der Waals surface area contributed by atoms with E-state index in [1.54, 1.807) is 28.2 Å². The van der Waals surface area contributed by atoms with Crippen molar-refractivity contribution in [3.05, 3.63) is 0 Å². The number of amides is 18. The first-order valence-electron chi connectivity index (χ1n) is 42.5. The fourth-order valence-corrected chi connectivity index (χ4v) is 12.5. The largest absolute Gasteiger partial charge is 0.480 e. The fraction of sp³-hybridized carbons (Fsp3) is 0.750. The van der Waals surface area contributed by atoms with Crippen LogP contribution in [0, 0.1) is 0 Å². The van der Waals surface area contributed by atoms with Gasteiger partial charge in [0.15, 0.2) is 0 Å². The van der Waals surface area contributed by atoms with Crippen molar-refractivity contribution < 1.29 is 117 Å². The number of likely N-dealkylation sites (tertiary alicyclic amines) is 1. The summed E-state index contributed by atoms with van der Waals surface area (Å²) >= 11 is 0. The van der Waals surface area contributed by atoms with Crippen molar-refractivity contribution >= 4 is 112 Å². The van der Waals surface area contributed by atoms with Crippen molar-refractivity contribution in [1.29, 1.82) is 0 Å². The van der Waals surface area contributed by atoms with Crippen LogP contribution in [0.2, 0.25) is 0 Å². The van der Waals surface area contributed by atoms with E-state index in [1.807, 2.05) is 9.80 Å². The summed E-state index contributed by atoms with van der Waals surface area (Å²) in [5.74, 6) is -18.9. The first kappa shape index (κ1) is 115. The van der Waals surface area contributed by atoms with Crippen LogP contribution in [-0.2, 0) is 91.1 Å². The minimum absolute atomic E-state index is 0.0138. The molecule has 18 amide bonds. The van der Waals surface area contributed by atoms with Crippen LogP contribution in [0.25, 0.3) is 0 Å². The Hall–Kier alpha value is -10.6. The van der Waals surface area contributed by atoms with Crippen LogP contribution >= 0.6 is 0 Å². The number of aliphatic carboxylic acids is 1. The summed E-state index contributed by atoms with van der Waals surface area (Å²) in [6, 6.07) is -21.4. The highest BCUT2D eigenvalue weighted by Crippen LogP contribution is 2.20. The van der Waals surface area contributed by atoms with Crippen LogP contribution < -0.4 is 136 Å². The minimum atomic E-state index is -1.94. The second-order valence-electron chi connectivity index (χ2n) is 31.8. The Morgan fingerprint density at radius 2 is 0.750 bits per heavy atom. The molecule has 37 N–H and O–H groups in total. The van der Waals surface area contributed by atoms with E-state index in [-0.39, 0.29) is 90.4 Å². The molecule has 128 heavy (non-hydrogen) atoms. The summed E-state index contributed by atoms with van der Waals surface area (Å²) in [5.41, 5.74) is 39.4. The zero-order valence-electron chi connectivity index (χ0n) is 74.6. The summed E-state index contributed by atoms with van der Waals surface area (Å²) in [6.45, 7) is 4.77. The fourth-order valence-electron chi connectivity index (χ4n) is 12.5. The molecular weight excluding hydrogens is 1690 g/mol. The van der Waals surface area contributed by atoms with Gasteiger partial charge in [-0.1, -0.05) is 0 Å². The van der Waals surface area contributed by atoms with Crippen molar-refractivity contribution in [1.82, 2.24) is 110 Å². The van der Waals surface area contributed by atoms with E-state index in [4.69, 9.17) is 45.2 Å². The predicted octanol–water partition coefficient (Wildman–Crippen LogP) is -15.1. The number of carbonyl (C=O) groups is 19. The Bertz CT molecular complexity index is 3620. The van der Waals surface area contributed by atoms with Crippen molar-refractivity contribution in [2.75, 3.05) is 100 Å². The number of hydrogen-bond acceptors (Lipinski definition) is 33. The van der Waals surface area contributed by atoms with Gasteiger partial charge in [-0.3, -0.25) is 102 Å². The Kier molecular flexibility index (Phi) is 55.7. The molecular formula is C76H142N28O24. The number of carbonyl (C=O) groups excluding carboxylic acids is 18. The molecule has 0 aromatic heterocycles. The highest BCUT2D eigenvalue weighted by molar-refractivity contribution is 6.01. The number of hydrogen-bond donors (Lipinski definition) is 30. The maximum absolute atomic E-state index is 14.5. The lowest BCUT2D eigenvalue weighted by Gasteiger charge is -2.29. The number of carboxylic acid groups (broad SMARTS) is 1. The highest BCUT2D eigenvalue weighted by Gasteiger charge is 2.41. The summed E-state index contributed by atoms with van der Waals surface area (Å²) in [5, 5.41) is 95.4. The Labute approximate surface area is 743 Å². The van der Waals surface area contributed by atoms with Crippen LogP contribution in [0.4, 0.5) is 0 Å². The predicted molar refractivity (Wildman–Crippen MR) is 460 cm³/mol. The average Bonchev–Trinajstić information content (AvgIpc) is 1.50. The first-order chi connectivity index (χ1) is 60.0. The zero-order chi connectivity index (χ0) is 97.2. The van der Waals surface area contributed by atoms with Crippen molar-refractivity contribution in [3.63, 3.8) is 0 Å². The van der Waals surface area contributed by atoms with E-state index in [0.29, 0.717) is 45.2 Å². The van der Waals surface area contributed by atoms with E-state index >= 15 is 0 Å². The van der Waals surface area contributed by atoms with Gasteiger partial charge >= 0.3 is 5.97 Å². The number of unbranched alkanes of at least 4 members (excludes halogenated alkanes) is 3. The zero-order valence-corrected chi connectivity index (χ0v) is 74.6. The van der Waals surface area contributed by atoms with Crippen LogP contribution in [-0.4, -0.2) is 368 Å². The lowest BCUT2D eigenvalue weighted by atomic mass is 10.0. The quantitative estimate of drug-likeness (QED) is 0.0199. The van der Waals surface area contributed by atoms with Gasteiger partial charge in [0.2, 0.25) is 106 Å². The van der Waals surface area contributed by atoms with E-state index in [1.165, 1.54) is 25.7 Å². The normalized spacial score (nSPS) is 16.3. The van der Waals surface area contributed by atoms with Gasteiger partial charge in [-0.05, 0) is 205 Å². The second kappa shape index (κ2) is 61.8. The van der Waals surface area contributed by atoms with Crippen LogP contribution in [0.1, 0.15) is 151 Å². The molecule has 0 saturated carbocycles. The number of nitrogens with zero attached hydrogens (tertiary/aromatic N) is 3. The topological polar surface area (TPSA) is 834 Å². The number of aliphatic hydroxyl groups is 4. The maximum Gasteiger partial charge on any atom is 0.322 e. The third-order valence-electron chi connectivity index (χ3n) is 19.7. The SMILES string of the molecule is C[C@H](N)C(=O)N[C@@H](CCCNC(N)N)C(=O)N[C@H](C(=O)N[C@@H](CCCCN(C)C)C(=O)N[C@@H](CCC(N)=O)C(=O)N[C@H](C(=O)N[C@@H](C)C(=O)N[C@@H](CCCNC(N)N)C(=O)N[C@@H](CCCCN(C)C)C(=O)N[C@@H](CO)C(=O)N[C@H](C(=O)NCC(=O)NCC(=O)N[C@@H](CCCCN)C(=O)N[C@@H](C)C(=O)N1CCC[C@H]1C(=O)NCC(=O)NCC(=O)O)[C@@H](C)O)[C@@H](C)O)[C@@H](C)O. The molecule has 0 aliphatic carbocycles. The number of primary amides is 1. The molecule has 52 heteroatoms. The molecule has 52 nitrogen and oxygen atoms in total. The number of nitrogens with one attached hydrogen (secondary N) is 18. The van der Waals surface area contributed by atoms with Gasteiger partial charge < -0.3 is 165 Å². The molecule has 0 unspecified atom stereocenters. The van der Waals surface area contributed by atoms with Crippen molar-refractivity contribution in [2.45, 2.75) is 266 Å². The van der Waals surface area contributed by atoms with Crippen molar-refractivity contribution in [3.8, 4) is 0 Å². The molecule has 1 heterocycles. The maximum atomic E-state index is 14.5. The molecule has 0 aromatic carbocycles.